The largest absolute Gasteiger partial charge is 0.408 e. The highest BCUT2D eigenvalue weighted by molar-refractivity contribution is 5.53. The number of hydrogen-bond acceptors (Lipinski definition) is 2. The van der Waals surface area contributed by atoms with Gasteiger partial charge in [0.05, 0.1) is 0 Å². The average Bonchev–Trinajstić information content (AvgIpc) is 2.17. The van der Waals surface area contributed by atoms with E-state index in [2.05, 4.69) is 5.32 Å². The number of carbonyl (C=O) groups is 1. The van der Waals surface area contributed by atoms with Gasteiger partial charge < -0.3 is 10.1 Å². The predicted molar refractivity (Wildman–Crippen MR) is 50.6 cm³/mol. The summed E-state index contributed by atoms with van der Waals surface area (Å²) in [5.74, 6) is 0. The summed E-state index contributed by atoms with van der Waals surface area (Å²) in [4.78, 5) is 10.1. The van der Waals surface area contributed by atoms with E-state index in [-0.39, 0.29) is 6.29 Å². The smallest absolute Gasteiger partial charge is 0.374 e. The lowest BCUT2D eigenvalue weighted by Gasteiger charge is -2.20. The maximum Gasteiger partial charge on any atom is 0.408 e. The first-order valence-electron chi connectivity index (χ1n) is 4.36. The normalized spacial score (nSPS) is 13.3. The van der Waals surface area contributed by atoms with Gasteiger partial charge in [-0.3, -0.25) is 0 Å². The highest BCUT2D eigenvalue weighted by atomic mass is 19.4. The van der Waals surface area contributed by atoms with Crippen molar-refractivity contribution in [3.63, 3.8) is 0 Å². The molecule has 0 aliphatic carbocycles. The molecule has 0 saturated heterocycles. The van der Waals surface area contributed by atoms with Gasteiger partial charge in [0.2, 0.25) is 0 Å². The molecule has 0 fully saturated rings. The molecule has 15 heavy (non-hydrogen) atoms. The minimum Gasteiger partial charge on any atom is -0.374 e. The summed E-state index contributed by atoms with van der Waals surface area (Å²) in [5, 5.41) is 2.26. The molecule has 0 radical (unpaired) electrons. The Morgan fingerprint density at radius 2 is 1.87 bits per heavy atom. The van der Waals surface area contributed by atoms with Crippen LogP contribution in [0.3, 0.4) is 0 Å². The number of halogens is 3. The van der Waals surface area contributed by atoms with E-state index in [4.69, 9.17) is 0 Å². The molecule has 5 heteroatoms. The zero-order chi connectivity index (χ0) is 11.3. The summed E-state index contributed by atoms with van der Waals surface area (Å²) in [5.41, 5.74) is 0.349. The van der Waals surface area contributed by atoms with E-state index in [9.17, 15) is 18.0 Å². The van der Waals surface area contributed by atoms with Crippen LogP contribution in [0.4, 0.5) is 18.9 Å². The Morgan fingerprint density at radius 1 is 1.27 bits per heavy atom. The molecule has 0 saturated carbocycles. The van der Waals surface area contributed by atoms with Gasteiger partial charge in [-0.1, -0.05) is 18.2 Å². The Hall–Kier alpha value is -1.52. The molecule has 1 aromatic rings. The first kappa shape index (κ1) is 11.6. The Labute approximate surface area is 85.1 Å². The van der Waals surface area contributed by atoms with Gasteiger partial charge in [-0.15, -0.1) is 0 Å². The van der Waals surface area contributed by atoms with Crippen molar-refractivity contribution in [2.75, 3.05) is 5.32 Å². The number of benzene rings is 1. The zero-order valence-corrected chi connectivity index (χ0v) is 7.79. The van der Waals surface area contributed by atoms with Crippen LogP contribution in [0, 0.1) is 0 Å². The minimum absolute atomic E-state index is 0.258. The SMILES string of the molecule is O=CCC(Nc1ccccc1)C(F)(F)F. The van der Waals surface area contributed by atoms with Crippen LogP contribution in [0.1, 0.15) is 6.42 Å². The zero-order valence-electron chi connectivity index (χ0n) is 7.79. The van der Waals surface area contributed by atoms with Crippen molar-refractivity contribution in [2.45, 2.75) is 18.6 Å². The van der Waals surface area contributed by atoms with E-state index in [1.807, 2.05) is 0 Å². The number of alkyl halides is 3. The third kappa shape index (κ3) is 3.61. The number of nitrogens with one attached hydrogen (secondary N) is 1. The van der Waals surface area contributed by atoms with Crippen molar-refractivity contribution in [1.82, 2.24) is 0 Å². The third-order valence-corrected chi connectivity index (χ3v) is 1.84. The fourth-order valence-electron chi connectivity index (χ4n) is 1.11. The molecule has 0 aliphatic rings. The first-order valence-corrected chi connectivity index (χ1v) is 4.36. The van der Waals surface area contributed by atoms with Crippen LogP contribution in [0.25, 0.3) is 0 Å². The van der Waals surface area contributed by atoms with Crippen LogP contribution in [-0.4, -0.2) is 18.5 Å². The van der Waals surface area contributed by atoms with Crippen molar-refractivity contribution in [2.24, 2.45) is 0 Å². The van der Waals surface area contributed by atoms with Crippen LogP contribution in [0.2, 0.25) is 0 Å². The molecule has 1 rings (SSSR count). The van der Waals surface area contributed by atoms with Crippen LogP contribution in [0.5, 0.6) is 0 Å². The van der Waals surface area contributed by atoms with Gasteiger partial charge in [-0.25, -0.2) is 0 Å². The van der Waals surface area contributed by atoms with Crippen LogP contribution >= 0.6 is 0 Å². The lowest BCUT2D eigenvalue weighted by molar-refractivity contribution is -0.146. The summed E-state index contributed by atoms with van der Waals surface area (Å²) in [6, 6.07) is 6.16. The molecule has 1 atom stereocenters. The maximum atomic E-state index is 12.4. The lowest BCUT2D eigenvalue weighted by atomic mass is 10.2. The fraction of sp³-hybridized carbons (Fsp3) is 0.300. The number of carbonyl (C=O) groups excluding carboxylic acids is 1. The van der Waals surface area contributed by atoms with Crippen molar-refractivity contribution < 1.29 is 18.0 Å². The van der Waals surface area contributed by atoms with Gasteiger partial charge in [0.25, 0.3) is 0 Å². The van der Waals surface area contributed by atoms with Gasteiger partial charge >= 0.3 is 6.18 Å². The number of hydrogen-bond donors (Lipinski definition) is 1. The first-order chi connectivity index (χ1) is 7.04. The second-order valence-corrected chi connectivity index (χ2v) is 3.01. The Balaban J connectivity index is 2.71. The van der Waals surface area contributed by atoms with Crippen LogP contribution in [0.15, 0.2) is 30.3 Å². The topological polar surface area (TPSA) is 29.1 Å². The third-order valence-electron chi connectivity index (χ3n) is 1.84. The summed E-state index contributed by atoms with van der Waals surface area (Å²) >= 11 is 0. The highest BCUT2D eigenvalue weighted by Gasteiger charge is 2.39. The van der Waals surface area contributed by atoms with E-state index in [0.717, 1.165) is 0 Å². The van der Waals surface area contributed by atoms with Crippen molar-refractivity contribution in [1.29, 1.82) is 0 Å². The van der Waals surface area contributed by atoms with E-state index in [1.54, 1.807) is 18.2 Å². The second-order valence-electron chi connectivity index (χ2n) is 3.01. The molecule has 1 aromatic carbocycles. The predicted octanol–water partition coefficient (Wildman–Crippen LogP) is 2.62. The minimum atomic E-state index is -4.42. The summed E-state index contributed by atoms with van der Waals surface area (Å²) in [7, 11) is 0. The molecule has 0 aromatic heterocycles. The molecule has 0 heterocycles. The molecule has 0 amide bonds. The van der Waals surface area contributed by atoms with Crippen LogP contribution < -0.4 is 5.32 Å². The van der Waals surface area contributed by atoms with Crippen molar-refractivity contribution in [3.05, 3.63) is 30.3 Å². The molecular formula is C10H10F3NO. The molecule has 0 bridgehead atoms. The fourth-order valence-corrected chi connectivity index (χ4v) is 1.11. The van der Waals surface area contributed by atoms with Crippen LogP contribution in [-0.2, 0) is 4.79 Å². The lowest BCUT2D eigenvalue weighted by Crippen LogP contribution is -2.36. The standard InChI is InChI=1S/C10H10F3NO/c11-10(12,13)9(6-7-15)14-8-4-2-1-3-5-8/h1-5,7,9,14H,6H2. The molecule has 82 valence electrons. The van der Waals surface area contributed by atoms with Gasteiger partial charge in [0.15, 0.2) is 0 Å². The van der Waals surface area contributed by atoms with E-state index in [1.165, 1.54) is 12.1 Å². The second kappa shape index (κ2) is 4.82. The number of anilines is 1. The molecule has 0 aliphatic heterocycles. The average molecular weight is 217 g/mol. The molecular weight excluding hydrogens is 207 g/mol. The van der Waals surface area contributed by atoms with E-state index >= 15 is 0 Å². The van der Waals surface area contributed by atoms with Gasteiger partial charge in [-0.05, 0) is 12.1 Å². The van der Waals surface area contributed by atoms with Gasteiger partial charge in [0, 0.05) is 12.1 Å². The quantitative estimate of drug-likeness (QED) is 0.785. The molecule has 1 N–H and O–H groups in total. The highest BCUT2D eigenvalue weighted by Crippen LogP contribution is 2.25. The van der Waals surface area contributed by atoms with Gasteiger partial charge in [-0.2, -0.15) is 13.2 Å². The Morgan fingerprint density at radius 3 is 2.33 bits per heavy atom. The van der Waals surface area contributed by atoms with Gasteiger partial charge in [0.1, 0.15) is 12.3 Å². The van der Waals surface area contributed by atoms with Crippen molar-refractivity contribution >= 4 is 12.0 Å². The summed E-state index contributed by atoms with van der Waals surface area (Å²) < 4.78 is 37.1. The molecule has 1 unspecified atom stereocenters. The number of rotatable bonds is 4. The molecule has 0 spiro atoms. The summed E-state index contributed by atoms with van der Waals surface area (Å²) in [6.07, 6.45) is -4.75. The van der Waals surface area contributed by atoms with E-state index < -0.39 is 18.6 Å². The Bertz CT molecular complexity index is 310. The number of para-hydroxylation sites is 1. The molecule has 2 nitrogen and oxygen atoms in total. The Kier molecular flexibility index (Phi) is 3.71. The maximum absolute atomic E-state index is 12.4. The summed E-state index contributed by atoms with van der Waals surface area (Å²) in [6.45, 7) is 0. The van der Waals surface area contributed by atoms with E-state index in [0.29, 0.717) is 5.69 Å². The number of aldehydes is 1. The monoisotopic (exact) mass is 217 g/mol. The van der Waals surface area contributed by atoms with Crippen molar-refractivity contribution in [3.8, 4) is 0 Å².